The molecule has 3 rings (SSSR count). The maximum absolute atomic E-state index is 5.73. The largest absolute Gasteiger partial charge is 0.493 e. The molecule has 8 heteroatoms. The Kier molecular flexibility index (Phi) is 5.08. The fourth-order valence-corrected chi connectivity index (χ4v) is 2.65. The van der Waals surface area contributed by atoms with Crippen LogP contribution >= 0.6 is 11.8 Å². The molecule has 1 aromatic carbocycles. The first-order chi connectivity index (χ1) is 12.0. The van der Waals surface area contributed by atoms with Gasteiger partial charge in [0.1, 0.15) is 5.75 Å². The van der Waals surface area contributed by atoms with Crippen molar-refractivity contribution < 1.29 is 13.7 Å². The van der Waals surface area contributed by atoms with Gasteiger partial charge < -0.3 is 13.7 Å². The number of ether oxygens (including phenoxy) is 1. The van der Waals surface area contributed by atoms with Gasteiger partial charge in [0, 0.05) is 5.41 Å². The highest BCUT2D eigenvalue weighted by Gasteiger charge is 2.22. The number of aromatic nitrogens is 4. The molecule has 132 valence electrons. The quantitative estimate of drug-likeness (QED) is 0.607. The molecule has 3 aromatic rings. The Hall–Kier alpha value is -2.35. The molecule has 7 nitrogen and oxygen atoms in total. The molecule has 2 heterocycles. The molecule has 0 aliphatic carbocycles. The van der Waals surface area contributed by atoms with Gasteiger partial charge in [-0.15, -0.1) is 10.2 Å². The van der Waals surface area contributed by atoms with Gasteiger partial charge in [-0.2, -0.15) is 4.98 Å². The number of benzene rings is 1. The Morgan fingerprint density at radius 2 is 1.96 bits per heavy atom. The smallest absolute Gasteiger partial charge is 0.277 e. The van der Waals surface area contributed by atoms with E-state index in [0.717, 1.165) is 11.3 Å². The minimum atomic E-state index is -0.170. The van der Waals surface area contributed by atoms with Crippen LogP contribution in [0.5, 0.6) is 5.75 Å². The molecule has 0 unspecified atom stereocenters. The SMILES string of the molecule is CCOc1ccccc1-c1nnc(SCc2noc(C(C)(C)C)n2)o1. The van der Waals surface area contributed by atoms with E-state index < -0.39 is 0 Å². The number of thioether (sulfide) groups is 1. The van der Waals surface area contributed by atoms with Crippen LogP contribution < -0.4 is 4.74 Å². The molecular weight excluding hydrogens is 340 g/mol. The normalized spacial score (nSPS) is 11.7. The predicted molar refractivity (Wildman–Crippen MR) is 93.5 cm³/mol. The van der Waals surface area contributed by atoms with Gasteiger partial charge in [-0.25, -0.2) is 0 Å². The lowest BCUT2D eigenvalue weighted by atomic mass is 9.97. The molecule has 2 aromatic heterocycles. The lowest BCUT2D eigenvalue weighted by Gasteiger charge is -2.10. The third kappa shape index (κ3) is 4.19. The van der Waals surface area contributed by atoms with Gasteiger partial charge in [-0.1, -0.05) is 49.8 Å². The summed E-state index contributed by atoms with van der Waals surface area (Å²) in [7, 11) is 0. The first-order valence-corrected chi connectivity index (χ1v) is 8.97. The summed E-state index contributed by atoms with van der Waals surface area (Å²) >= 11 is 1.37. The van der Waals surface area contributed by atoms with Crippen molar-refractivity contribution in [1.29, 1.82) is 0 Å². The van der Waals surface area contributed by atoms with E-state index in [1.165, 1.54) is 11.8 Å². The van der Waals surface area contributed by atoms with Crippen molar-refractivity contribution in [2.24, 2.45) is 0 Å². The van der Waals surface area contributed by atoms with Gasteiger partial charge in [-0.05, 0) is 19.1 Å². The molecule has 0 spiro atoms. The first-order valence-electron chi connectivity index (χ1n) is 7.99. The summed E-state index contributed by atoms with van der Waals surface area (Å²) in [6.07, 6.45) is 0. The minimum absolute atomic E-state index is 0.170. The van der Waals surface area contributed by atoms with Crippen LogP contribution in [0.4, 0.5) is 0 Å². The molecule has 0 saturated heterocycles. The molecule has 0 amide bonds. The van der Waals surface area contributed by atoms with Crippen LogP contribution in [0.15, 0.2) is 38.4 Å². The van der Waals surface area contributed by atoms with Crippen molar-refractivity contribution in [1.82, 2.24) is 20.3 Å². The third-order valence-electron chi connectivity index (χ3n) is 3.26. The molecule has 25 heavy (non-hydrogen) atoms. The second-order valence-electron chi connectivity index (χ2n) is 6.36. The van der Waals surface area contributed by atoms with Gasteiger partial charge in [0.2, 0.25) is 5.89 Å². The second-order valence-corrected chi connectivity index (χ2v) is 7.28. The van der Waals surface area contributed by atoms with Gasteiger partial charge in [0.05, 0.1) is 17.9 Å². The van der Waals surface area contributed by atoms with Crippen LogP contribution in [-0.4, -0.2) is 26.9 Å². The molecule has 0 N–H and O–H groups in total. The predicted octanol–water partition coefficient (Wildman–Crippen LogP) is 4.11. The molecule has 0 bridgehead atoms. The van der Waals surface area contributed by atoms with Gasteiger partial charge in [0.15, 0.2) is 5.82 Å². The number of para-hydroxylation sites is 1. The summed E-state index contributed by atoms with van der Waals surface area (Å²) in [5, 5.41) is 12.6. The minimum Gasteiger partial charge on any atom is -0.493 e. The fourth-order valence-electron chi connectivity index (χ4n) is 2.05. The van der Waals surface area contributed by atoms with E-state index in [1.807, 2.05) is 52.0 Å². The molecule has 0 aliphatic rings. The zero-order valence-corrected chi connectivity index (χ0v) is 15.5. The molecular formula is C17H20N4O3S. The van der Waals surface area contributed by atoms with Crippen LogP contribution in [0.25, 0.3) is 11.5 Å². The van der Waals surface area contributed by atoms with Crippen molar-refractivity contribution >= 4 is 11.8 Å². The van der Waals surface area contributed by atoms with Crippen molar-refractivity contribution in [3.8, 4) is 17.2 Å². The van der Waals surface area contributed by atoms with E-state index in [0.29, 0.717) is 35.2 Å². The zero-order chi connectivity index (χ0) is 17.9. The van der Waals surface area contributed by atoms with Crippen molar-refractivity contribution in [2.45, 2.75) is 44.1 Å². The Balaban J connectivity index is 1.69. The lowest BCUT2D eigenvalue weighted by Crippen LogP contribution is -2.11. The van der Waals surface area contributed by atoms with Crippen LogP contribution in [0, 0.1) is 0 Å². The first kappa shape index (κ1) is 17.5. The molecule has 0 aliphatic heterocycles. The lowest BCUT2D eigenvalue weighted by molar-refractivity contribution is 0.319. The average Bonchev–Trinajstić information content (AvgIpc) is 3.23. The van der Waals surface area contributed by atoms with Gasteiger partial charge in [0.25, 0.3) is 11.1 Å². The van der Waals surface area contributed by atoms with Gasteiger partial charge >= 0.3 is 0 Å². The molecule has 0 fully saturated rings. The Morgan fingerprint density at radius 3 is 2.68 bits per heavy atom. The summed E-state index contributed by atoms with van der Waals surface area (Å²) < 4.78 is 16.6. The molecule has 0 radical (unpaired) electrons. The Labute approximate surface area is 150 Å². The monoisotopic (exact) mass is 360 g/mol. The number of hydrogen-bond acceptors (Lipinski definition) is 8. The van der Waals surface area contributed by atoms with Crippen molar-refractivity contribution in [3.63, 3.8) is 0 Å². The summed E-state index contributed by atoms with van der Waals surface area (Å²) in [6, 6.07) is 7.58. The Bertz CT molecular complexity index is 838. The average molecular weight is 360 g/mol. The molecule has 0 atom stereocenters. The van der Waals surface area contributed by atoms with Crippen LogP contribution in [0.3, 0.4) is 0 Å². The topological polar surface area (TPSA) is 87.1 Å². The fraction of sp³-hybridized carbons (Fsp3) is 0.412. The van der Waals surface area contributed by atoms with Crippen LogP contribution in [-0.2, 0) is 11.2 Å². The van der Waals surface area contributed by atoms with E-state index in [4.69, 9.17) is 13.7 Å². The third-order valence-corrected chi connectivity index (χ3v) is 4.07. The highest BCUT2D eigenvalue weighted by molar-refractivity contribution is 7.98. The van der Waals surface area contributed by atoms with E-state index in [1.54, 1.807) is 0 Å². The second kappa shape index (κ2) is 7.26. The van der Waals surface area contributed by atoms with E-state index in [2.05, 4.69) is 20.3 Å². The number of rotatable bonds is 6. The van der Waals surface area contributed by atoms with Gasteiger partial charge in [-0.3, -0.25) is 0 Å². The highest BCUT2D eigenvalue weighted by atomic mass is 32.2. The van der Waals surface area contributed by atoms with Crippen LogP contribution in [0.2, 0.25) is 0 Å². The van der Waals surface area contributed by atoms with E-state index in [-0.39, 0.29) is 5.41 Å². The van der Waals surface area contributed by atoms with E-state index in [9.17, 15) is 0 Å². The zero-order valence-electron chi connectivity index (χ0n) is 14.6. The summed E-state index contributed by atoms with van der Waals surface area (Å²) in [5.74, 6) is 2.85. The summed E-state index contributed by atoms with van der Waals surface area (Å²) in [6.45, 7) is 8.58. The summed E-state index contributed by atoms with van der Waals surface area (Å²) in [5.41, 5.74) is 0.606. The van der Waals surface area contributed by atoms with Crippen molar-refractivity contribution in [3.05, 3.63) is 36.0 Å². The van der Waals surface area contributed by atoms with E-state index >= 15 is 0 Å². The highest BCUT2D eigenvalue weighted by Crippen LogP contribution is 2.31. The Morgan fingerprint density at radius 1 is 1.16 bits per heavy atom. The summed E-state index contributed by atoms with van der Waals surface area (Å²) in [4.78, 5) is 4.39. The standard InChI is InChI=1S/C17H20N4O3S/c1-5-22-12-9-7-6-8-11(12)14-19-20-16(23-14)25-10-13-18-15(24-21-13)17(2,3)4/h6-9H,5,10H2,1-4H3. The van der Waals surface area contributed by atoms with Crippen LogP contribution in [0.1, 0.15) is 39.4 Å². The number of nitrogens with zero attached hydrogens (tertiary/aromatic N) is 4. The number of hydrogen-bond donors (Lipinski definition) is 0. The van der Waals surface area contributed by atoms with Crippen molar-refractivity contribution in [2.75, 3.05) is 6.61 Å². The molecule has 0 saturated carbocycles. The maximum Gasteiger partial charge on any atom is 0.277 e. The maximum atomic E-state index is 5.73.